The summed E-state index contributed by atoms with van der Waals surface area (Å²) in [5.74, 6) is 0.0304. The second-order valence-corrected chi connectivity index (χ2v) is 6.34. The summed E-state index contributed by atoms with van der Waals surface area (Å²) in [7, 11) is 0. The van der Waals surface area contributed by atoms with Crippen LogP contribution < -0.4 is 0 Å². The zero-order valence-electron chi connectivity index (χ0n) is 14.0. The second-order valence-electron chi connectivity index (χ2n) is 6.34. The molecular weight excluding hydrogens is 286 g/mol. The smallest absolute Gasteiger partial charge is 0.188 e. The first kappa shape index (κ1) is 17.1. The minimum Gasteiger partial charge on any atom is -0.299 e. The van der Waals surface area contributed by atoms with Crippen LogP contribution in [0.2, 0.25) is 0 Å². The fourth-order valence-electron chi connectivity index (χ4n) is 2.53. The molecule has 0 radical (unpaired) electrons. The Labute approximate surface area is 137 Å². The number of carbonyl (C=O) groups is 2. The van der Waals surface area contributed by atoms with Crippen LogP contribution in [0.15, 0.2) is 48.7 Å². The van der Waals surface area contributed by atoms with Crippen LogP contribution in [0.25, 0.3) is 0 Å². The van der Waals surface area contributed by atoms with Gasteiger partial charge in [-0.3, -0.25) is 14.6 Å². The van der Waals surface area contributed by atoms with Gasteiger partial charge in [0, 0.05) is 12.1 Å². The van der Waals surface area contributed by atoms with Crippen molar-refractivity contribution in [1.29, 1.82) is 0 Å². The molecule has 120 valence electrons. The minimum atomic E-state index is -0.282. The normalized spacial score (nSPS) is 12.2. The monoisotopic (exact) mass is 309 g/mol. The molecule has 2 aromatic rings. The molecule has 1 atom stereocenters. The molecule has 1 unspecified atom stereocenters. The van der Waals surface area contributed by atoms with Crippen LogP contribution >= 0.6 is 0 Å². The highest BCUT2D eigenvalue weighted by Gasteiger charge is 2.20. The van der Waals surface area contributed by atoms with E-state index < -0.39 is 0 Å². The molecular formula is C20H23NO2. The molecule has 0 spiro atoms. The number of Topliss-reactive ketones (excluding diaryl/α,β-unsaturated/α-hetero) is 2. The third kappa shape index (κ3) is 4.85. The zero-order chi connectivity index (χ0) is 16.8. The second kappa shape index (κ2) is 7.82. The van der Waals surface area contributed by atoms with E-state index in [4.69, 9.17) is 0 Å². The number of aromatic nitrogens is 1. The zero-order valence-corrected chi connectivity index (χ0v) is 14.0. The number of rotatable bonds is 7. The van der Waals surface area contributed by atoms with E-state index in [1.165, 1.54) is 5.56 Å². The molecule has 1 heterocycles. The van der Waals surface area contributed by atoms with E-state index in [0.717, 1.165) is 12.0 Å². The molecule has 0 fully saturated rings. The van der Waals surface area contributed by atoms with Crippen LogP contribution in [0.3, 0.4) is 0 Å². The first-order valence-electron chi connectivity index (χ1n) is 8.03. The van der Waals surface area contributed by atoms with Gasteiger partial charge in [0.15, 0.2) is 5.78 Å². The number of hydrogen-bond acceptors (Lipinski definition) is 3. The first-order valence-corrected chi connectivity index (χ1v) is 8.03. The highest BCUT2D eigenvalue weighted by Crippen LogP contribution is 2.20. The van der Waals surface area contributed by atoms with Gasteiger partial charge in [-0.15, -0.1) is 0 Å². The van der Waals surface area contributed by atoms with Gasteiger partial charge in [0.05, 0.1) is 6.42 Å². The van der Waals surface area contributed by atoms with Gasteiger partial charge in [0.25, 0.3) is 0 Å². The fraction of sp³-hybridized carbons (Fsp3) is 0.350. The van der Waals surface area contributed by atoms with Crippen molar-refractivity contribution < 1.29 is 9.59 Å². The van der Waals surface area contributed by atoms with E-state index in [-0.39, 0.29) is 23.9 Å². The van der Waals surface area contributed by atoms with Crippen molar-refractivity contribution in [3.8, 4) is 0 Å². The van der Waals surface area contributed by atoms with Gasteiger partial charge in [-0.05, 0) is 35.6 Å². The molecule has 3 nitrogen and oxygen atoms in total. The van der Waals surface area contributed by atoms with Crippen LogP contribution in [-0.4, -0.2) is 16.6 Å². The van der Waals surface area contributed by atoms with Gasteiger partial charge in [0.1, 0.15) is 11.5 Å². The topological polar surface area (TPSA) is 47.0 Å². The largest absolute Gasteiger partial charge is 0.299 e. The number of pyridine rings is 1. The summed E-state index contributed by atoms with van der Waals surface area (Å²) in [4.78, 5) is 28.4. The third-order valence-electron chi connectivity index (χ3n) is 3.89. The standard InChI is InChI=1S/C20H23NO2/c1-14(2)12-16-7-9-17(10-8-16)15(3)19(22)13-20(23)18-6-4-5-11-21-18/h4-11,14-15H,12-13H2,1-3H3. The number of hydrogen-bond donors (Lipinski definition) is 0. The quantitative estimate of drug-likeness (QED) is 0.568. The summed E-state index contributed by atoms with van der Waals surface area (Å²) in [5, 5.41) is 0. The van der Waals surface area contributed by atoms with Crippen molar-refractivity contribution in [3.63, 3.8) is 0 Å². The molecule has 0 amide bonds. The molecule has 0 aliphatic carbocycles. The molecule has 23 heavy (non-hydrogen) atoms. The molecule has 0 aliphatic heterocycles. The number of benzene rings is 1. The molecule has 0 aliphatic rings. The first-order chi connectivity index (χ1) is 11.0. The number of nitrogens with zero attached hydrogens (tertiary/aromatic N) is 1. The number of ketones is 2. The lowest BCUT2D eigenvalue weighted by molar-refractivity contribution is -0.119. The van der Waals surface area contributed by atoms with Gasteiger partial charge in [-0.25, -0.2) is 0 Å². The summed E-state index contributed by atoms with van der Waals surface area (Å²) in [6.07, 6.45) is 2.49. The van der Waals surface area contributed by atoms with Crippen molar-refractivity contribution in [2.75, 3.05) is 0 Å². The van der Waals surface area contributed by atoms with Crippen LogP contribution in [-0.2, 0) is 11.2 Å². The van der Waals surface area contributed by atoms with Crippen LogP contribution in [0.1, 0.15) is 54.7 Å². The molecule has 0 N–H and O–H groups in total. The SMILES string of the molecule is CC(C)Cc1ccc(C(C)C(=O)CC(=O)c2ccccn2)cc1. The third-order valence-corrected chi connectivity index (χ3v) is 3.89. The van der Waals surface area contributed by atoms with Gasteiger partial charge in [0.2, 0.25) is 0 Å². The summed E-state index contributed by atoms with van der Waals surface area (Å²) >= 11 is 0. The fourth-order valence-corrected chi connectivity index (χ4v) is 2.53. The van der Waals surface area contributed by atoms with E-state index in [1.54, 1.807) is 24.4 Å². The molecule has 1 aromatic heterocycles. The average molecular weight is 309 g/mol. The highest BCUT2D eigenvalue weighted by molar-refractivity contribution is 6.08. The Balaban J connectivity index is 2.00. The van der Waals surface area contributed by atoms with Crippen molar-refractivity contribution >= 4 is 11.6 Å². The van der Waals surface area contributed by atoms with Crippen molar-refractivity contribution in [3.05, 3.63) is 65.5 Å². The lowest BCUT2D eigenvalue weighted by atomic mass is 9.91. The maximum absolute atomic E-state index is 12.3. The summed E-state index contributed by atoms with van der Waals surface area (Å²) in [6.45, 7) is 6.22. The van der Waals surface area contributed by atoms with E-state index in [2.05, 4.69) is 31.0 Å². The van der Waals surface area contributed by atoms with Gasteiger partial charge < -0.3 is 0 Å². The van der Waals surface area contributed by atoms with E-state index in [9.17, 15) is 9.59 Å². The highest BCUT2D eigenvalue weighted by atomic mass is 16.1. The van der Waals surface area contributed by atoms with Crippen molar-refractivity contribution in [2.24, 2.45) is 5.92 Å². The lowest BCUT2D eigenvalue weighted by Crippen LogP contribution is -2.15. The van der Waals surface area contributed by atoms with E-state index in [1.807, 2.05) is 19.1 Å². The van der Waals surface area contributed by atoms with Gasteiger partial charge >= 0.3 is 0 Å². The summed E-state index contributed by atoms with van der Waals surface area (Å²) in [6, 6.07) is 13.3. The van der Waals surface area contributed by atoms with Crippen molar-refractivity contribution in [1.82, 2.24) is 4.98 Å². The maximum Gasteiger partial charge on any atom is 0.188 e. The Hall–Kier alpha value is -2.29. The van der Waals surface area contributed by atoms with Crippen LogP contribution in [0, 0.1) is 5.92 Å². The van der Waals surface area contributed by atoms with Gasteiger partial charge in [-0.2, -0.15) is 0 Å². The Kier molecular flexibility index (Phi) is 5.80. The Bertz CT molecular complexity index is 660. The van der Waals surface area contributed by atoms with Crippen molar-refractivity contribution in [2.45, 2.75) is 39.5 Å². The molecule has 2 rings (SSSR count). The molecule has 1 aromatic carbocycles. The van der Waals surface area contributed by atoms with E-state index >= 15 is 0 Å². The predicted molar refractivity (Wildman–Crippen MR) is 91.6 cm³/mol. The Morgan fingerprint density at radius 1 is 1.00 bits per heavy atom. The maximum atomic E-state index is 12.3. The molecule has 0 saturated carbocycles. The van der Waals surface area contributed by atoms with Crippen LogP contribution in [0.4, 0.5) is 0 Å². The summed E-state index contributed by atoms with van der Waals surface area (Å²) in [5.41, 5.74) is 2.57. The summed E-state index contributed by atoms with van der Waals surface area (Å²) < 4.78 is 0. The predicted octanol–water partition coefficient (Wildman–Crippen LogP) is 4.23. The lowest BCUT2D eigenvalue weighted by Gasteiger charge is -2.12. The molecule has 3 heteroatoms. The average Bonchev–Trinajstić information content (AvgIpc) is 2.55. The number of carbonyl (C=O) groups excluding carboxylic acids is 2. The Morgan fingerprint density at radius 3 is 2.26 bits per heavy atom. The minimum absolute atomic E-state index is 0.0720. The molecule has 0 saturated heterocycles. The van der Waals surface area contributed by atoms with Gasteiger partial charge in [-0.1, -0.05) is 51.1 Å². The molecule has 0 bridgehead atoms. The Morgan fingerprint density at radius 2 is 1.70 bits per heavy atom. The van der Waals surface area contributed by atoms with E-state index in [0.29, 0.717) is 11.6 Å². The van der Waals surface area contributed by atoms with Crippen LogP contribution in [0.5, 0.6) is 0 Å².